The number of hydrogen-bond donors (Lipinski definition) is 1. The standard InChI is InChI=1S/C13H23N3O2/c1-3-5-12-14-11(15-18-12)10-16-8-4-6-13(2,17)7-9-16/h17H,3-10H2,1-2H3. The highest BCUT2D eigenvalue weighted by Crippen LogP contribution is 2.22. The maximum Gasteiger partial charge on any atom is 0.226 e. The highest BCUT2D eigenvalue weighted by Gasteiger charge is 2.25. The highest BCUT2D eigenvalue weighted by molar-refractivity contribution is 4.88. The second-order valence-corrected chi connectivity index (χ2v) is 5.48. The van der Waals surface area contributed by atoms with Gasteiger partial charge in [0.15, 0.2) is 5.82 Å². The quantitative estimate of drug-likeness (QED) is 0.886. The average Bonchev–Trinajstić information content (AvgIpc) is 2.66. The van der Waals surface area contributed by atoms with Gasteiger partial charge in [0.1, 0.15) is 0 Å². The first-order valence-corrected chi connectivity index (χ1v) is 6.85. The van der Waals surface area contributed by atoms with E-state index in [9.17, 15) is 5.11 Å². The van der Waals surface area contributed by atoms with Crippen LogP contribution in [-0.4, -0.2) is 38.8 Å². The Hall–Kier alpha value is -0.940. The lowest BCUT2D eigenvalue weighted by molar-refractivity contribution is 0.0443. The summed E-state index contributed by atoms with van der Waals surface area (Å²) < 4.78 is 5.18. The van der Waals surface area contributed by atoms with Crippen LogP contribution in [0.2, 0.25) is 0 Å². The molecule has 1 fully saturated rings. The molecule has 1 aromatic rings. The summed E-state index contributed by atoms with van der Waals surface area (Å²) in [6.45, 7) is 6.63. The number of aliphatic hydroxyl groups is 1. The van der Waals surface area contributed by atoms with Crippen LogP contribution < -0.4 is 0 Å². The summed E-state index contributed by atoms with van der Waals surface area (Å²) >= 11 is 0. The highest BCUT2D eigenvalue weighted by atomic mass is 16.5. The van der Waals surface area contributed by atoms with Gasteiger partial charge in [-0.1, -0.05) is 12.1 Å². The predicted octanol–water partition coefficient (Wildman–Crippen LogP) is 1.76. The van der Waals surface area contributed by atoms with Crippen molar-refractivity contribution in [2.75, 3.05) is 13.1 Å². The third-order valence-electron chi connectivity index (χ3n) is 3.50. The number of likely N-dealkylation sites (tertiary alicyclic amines) is 1. The van der Waals surface area contributed by atoms with E-state index in [1.807, 2.05) is 6.92 Å². The molecule has 1 aliphatic rings. The van der Waals surface area contributed by atoms with Crippen LogP contribution >= 0.6 is 0 Å². The third kappa shape index (κ3) is 3.78. The van der Waals surface area contributed by atoms with Gasteiger partial charge in [0.25, 0.3) is 0 Å². The van der Waals surface area contributed by atoms with E-state index in [1.54, 1.807) is 0 Å². The van der Waals surface area contributed by atoms with E-state index in [1.165, 1.54) is 0 Å². The zero-order valence-electron chi connectivity index (χ0n) is 11.4. The van der Waals surface area contributed by atoms with Gasteiger partial charge >= 0.3 is 0 Å². The van der Waals surface area contributed by atoms with Gasteiger partial charge in [-0.05, 0) is 39.2 Å². The van der Waals surface area contributed by atoms with Crippen molar-refractivity contribution in [2.24, 2.45) is 0 Å². The number of aryl methyl sites for hydroxylation is 1. The normalized spacial score (nSPS) is 26.2. The summed E-state index contributed by atoms with van der Waals surface area (Å²) in [4.78, 5) is 6.67. The molecule has 0 saturated carbocycles. The van der Waals surface area contributed by atoms with Crippen molar-refractivity contribution in [3.63, 3.8) is 0 Å². The smallest absolute Gasteiger partial charge is 0.226 e. The van der Waals surface area contributed by atoms with Crippen LogP contribution in [0, 0.1) is 0 Å². The van der Waals surface area contributed by atoms with E-state index in [2.05, 4.69) is 22.0 Å². The van der Waals surface area contributed by atoms with Crippen LogP contribution in [0.5, 0.6) is 0 Å². The Morgan fingerprint density at radius 3 is 3.00 bits per heavy atom. The number of nitrogens with zero attached hydrogens (tertiary/aromatic N) is 3. The van der Waals surface area contributed by atoms with Crippen molar-refractivity contribution in [1.82, 2.24) is 15.0 Å². The maximum absolute atomic E-state index is 10.0. The second kappa shape index (κ2) is 5.80. The summed E-state index contributed by atoms with van der Waals surface area (Å²) in [7, 11) is 0. The summed E-state index contributed by atoms with van der Waals surface area (Å²) in [6, 6.07) is 0. The molecule has 0 aliphatic carbocycles. The summed E-state index contributed by atoms with van der Waals surface area (Å²) in [5.41, 5.74) is -0.515. The summed E-state index contributed by atoms with van der Waals surface area (Å²) in [6.07, 6.45) is 4.58. The van der Waals surface area contributed by atoms with Crippen LogP contribution in [0.3, 0.4) is 0 Å². The van der Waals surface area contributed by atoms with Crippen molar-refractivity contribution in [3.8, 4) is 0 Å². The Kier molecular flexibility index (Phi) is 4.35. The largest absolute Gasteiger partial charge is 0.390 e. The first-order chi connectivity index (χ1) is 8.59. The molecule has 0 amide bonds. The van der Waals surface area contributed by atoms with Crippen molar-refractivity contribution in [1.29, 1.82) is 0 Å². The Bertz CT molecular complexity index is 376. The van der Waals surface area contributed by atoms with E-state index >= 15 is 0 Å². The molecular formula is C13H23N3O2. The Labute approximate surface area is 108 Å². The van der Waals surface area contributed by atoms with Gasteiger partial charge in [-0.3, -0.25) is 4.90 Å². The minimum Gasteiger partial charge on any atom is -0.390 e. The van der Waals surface area contributed by atoms with Gasteiger partial charge < -0.3 is 9.63 Å². The number of aromatic nitrogens is 2. The van der Waals surface area contributed by atoms with Crippen molar-refractivity contribution in [3.05, 3.63) is 11.7 Å². The molecule has 1 aromatic heterocycles. The van der Waals surface area contributed by atoms with Crippen LogP contribution in [0.1, 0.15) is 51.2 Å². The SMILES string of the molecule is CCCc1nc(CN2CCCC(C)(O)CC2)no1. The van der Waals surface area contributed by atoms with Crippen LogP contribution in [0.4, 0.5) is 0 Å². The van der Waals surface area contributed by atoms with Gasteiger partial charge in [-0.25, -0.2) is 0 Å². The van der Waals surface area contributed by atoms with Gasteiger partial charge in [0.05, 0.1) is 12.1 Å². The Morgan fingerprint density at radius 1 is 1.39 bits per heavy atom. The van der Waals surface area contributed by atoms with E-state index in [0.717, 1.165) is 63.5 Å². The minimum atomic E-state index is -0.515. The predicted molar refractivity (Wildman–Crippen MR) is 68.0 cm³/mol. The maximum atomic E-state index is 10.0. The van der Waals surface area contributed by atoms with E-state index < -0.39 is 5.60 Å². The molecule has 1 aliphatic heterocycles. The lowest BCUT2D eigenvalue weighted by atomic mass is 9.98. The fourth-order valence-electron chi connectivity index (χ4n) is 2.35. The molecule has 102 valence electrons. The minimum absolute atomic E-state index is 0.515. The molecule has 0 radical (unpaired) electrons. The molecule has 1 atom stereocenters. The van der Waals surface area contributed by atoms with E-state index in [0.29, 0.717) is 0 Å². The van der Waals surface area contributed by atoms with E-state index in [4.69, 9.17) is 4.52 Å². The molecule has 5 nitrogen and oxygen atoms in total. The molecule has 0 spiro atoms. The van der Waals surface area contributed by atoms with E-state index in [-0.39, 0.29) is 0 Å². The zero-order valence-corrected chi connectivity index (χ0v) is 11.4. The molecule has 0 aromatic carbocycles. The van der Waals surface area contributed by atoms with Crippen molar-refractivity contribution in [2.45, 2.75) is 58.1 Å². The van der Waals surface area contributed by atoms with Gasteiger partial charge in [0, 0.05) is 13.0 Å². The molecule has 2 rings (SSSR count). The Morgan fingerprint density at radius 2 is 2.22 bits per heavy atom. The van der Waals surface area contributed by atoms with Crippen molar-refractivity contribution >= 4 is 0 Å². The molecular weight excluding hydrogens is 230 g/mol. The Balaban J connectivity index is 1.88. The molecule has 0 bridgehead atoms. The van der Waals surface area contributed by atoms with Gasteiger partial charge in [-0.15, -0.1) is 0 Å². The second-order valence-electron chi connectivity index (χ2n) is 5.48. The summed E-state index contributed by atoms with van der Waals surface area (Å²) in [5, 5.41) is 14.0. The van der Waals surface area contributed by atoms with Crippen LogP contribution in [0.15, 0.2) is 4.52 Å². The van der Waals surface area contributed by atoms with Gasteiger partial charge in [0.2, 0.25) is 5.89 Å². The molecule has 1 unspecified atom stereocenters. The molecule has 2 heterocycles. The first kappa shape index (κ1) is 13.5. The zero-order chi connectivity index (χ0) is 13.0. The molecule has 1 saturated heterocycles. The van der Waals surface area contributed by atoms with Crippen LogP contribution in [-0.2, 0) is 13.0 Å². The average molecular weight is 253 g/mol. The lowest BCUT2D eigenvalue weighted by Gasteiger charge is -2.21. The lowest BCUT2D eigenvalue weighted by Crippen LogP contribution is -2.28. The molecule has 5 heteroatoms. The molecule has 18 heavy (non-hydrogen) atoms. The van der Waals surface area contributed by atoms with Crippen molar-refractivity contribution < 1.29 is 9.63 Å². The number of hydrogen-bond acceptors (Lipinski definition) is 5. The fraction of sp³-hybridized carbons (Fsp3) is 0.846. The monoisotopic (exact) mass is 253 g/mol. The summed E-state index contributed by atoms with van der Waals surface area (Å²) in [5.74, 6) is 1.49. The van der Waals surface area contributed by atoms with Gasteiger partial charge in [-0.2, -0.15) is 4.98 Å². The van der Waals surface area contributed by atoms with Crippen LogP contribution in [0.25, 0.3) is 0 Å². The first-order valence-electron chi connectivity index (χ1n) is 6.85. The fourth-order valence-corrected chi connectivity index (χ4v) is 2.35. The topological polar surface area (TPSA) is 62.4 Å². The number of rotatable bonds is 4. The molecule has 1 N–H and O–H groups in total. The third-order valence-corrected chi connectivity index (χ3v) is 3.50.